The molecule has 9 N–H and O–H groups in total. The summed E-state index contributed by atoms with van der Waals surface area (Å²) >= 11 is 5.81. The topological polar surface area (TPSA) is 195 Å². The Morgan fingerprint density at radius 1 is 0.977 bits per heavy atom. The maximum atomic E-state index is 12.3. The first kappa shape index (κ1) is 33.6. The number of aromatic hydroxyl groups is 1. The number of benzene rings is 2. The number of nitrogens with two attached hydrogens (primary N) is 3. The predicted octanol–water partition coefficient (Wildman–Crippen LogP) is 4.44. The highest BCUT2D eigenvalue weighted by Gasteiger charge is 2.16. The van der Waals surface area contributed by atoms with Crippen molar-refractivity contribution in [2.45, 2.75) is 70.5 Å². The molecule has 0 spiro atoms. The van der Waals surface area contributed by atoms with Crippen molar-refractivity contribution >= 4 is 35.1 Å². The van der Waals surface area contributed by atoms with Crippen molar-refractivity contribution in [3.05, 3.63) is 75.6 Å². The van der Waals surface area contributed by atoms with Crippen LogP contribution in [0.3, 0.4) is 0 Å². The fraction of sp³-hybridized carbons (Fsp3) is 0.419. The lowest BCUT2D eigenvalue weighted by atomic mass is 9.99. The monoisotopic (exact) mass is 611 g/mol. The molecule has 1 amide bonds. The van der Waals surface area contributed by atoms with E-state index >= 15 is 0 Å². The Hall–Kier alpha value is -3.93. The van der Waals surface area contributed by atoms with Crippen LogP contribution in [-0.2, 0) is 24.2 Å². The number of nitrogens with one attached hydrogen (secondary N) is 1. The summed E-state index contributed by atoms with van der Waals surface area (Å²) in [6, 6.07) is 13.9. The maximum Gasteiger partial charge on any atom is 0.280 e. The number of nitrogens with zero attached hydrogens (tertiary/aromatic N) is 3. The van der Waals surface area contributed by atoms with Crippen LogP contribution in [0, 0.1) is 0 Å². The molecule has 1 atom stereocenters. The van der Waals surface area contributed by atoms with Crippen LogP contribution in [-0.4, -0.2) is 45.7 Å². The molecule has 3 rings (SSSR count). The van der Waals surface area contributed by atoms with Gasteiger partial charge in [0.15, 0.2) is 28.4 Å². The molecule has 0 saturated carbocycles. The number of unbranched alkanes of at least 4 members (excludes halogenated alkanes) is 4. The van der Waals surface area contributed by atoms with Crippen LogP contribution in [0.25, 0.3) is 0 Å². The van der Waals surface area contributed by atoms with Crippen LogP contribution in [0.5, 0.6) is 5.75 Å². The van der Waals surface area contributed by atoms with E-state index in [0.717, 1.165) is 56.9 Å². The summed E-state index contributed by atoms with van der Waals surface area (Å²) < 4.78 is 5.10. The summed E-state index contributed by atoms with van der Waals surface area (Å²) in [5.41, 5.74) is 20.9. The zero-order chi connectivity index (χ0) is 31.2. The molecule has 11 nitrogen and oxygen atoms in total. The van der Waals surface area contributed by atoms with Crippen LogP contribution >= 0.6 is 11.6 Å². The van der Waals surface area contributed by atoms with Gasteiger partial charge >= 0.3 is 0 Å². The number of aromatic nitrogens is 2. The smallest absolute Gasteiger partial charge is 0.280 e. The predicted molar refractivity (Wildman–Crippen MR) is 170 cm³/mol. The molecule has 0 saturated heterocycles. The Morgan fingerprint density at radius 2 is 1.63 bits per heavy atom. The van der Waals surface area contributed by atoms with Gasteiger partial charge in [0.1, 0.15) is 5.75 Å². The summed E-state index contributed by atoms with van der Waals surface area (Å²) in [6.07, 6.45) is 8.07. The lowest BCUT2D eigenvalue weighted by Gasteiger charge is -2.13. The van der Waals surface area contributed by atoms with Gasteiger partial charge in [0, 0.05) is 19.2 Å². The zero-order valence-electron chi connectivity index (χ0n) is 24.6. The number of rotatable bonds is 16. The minimum Gasteiger partial charge on any atom is -0.508 e. The van der Waals surface area contributed by atoms with Crippen molar-refractivity contribution in [2.75, 3.05) is 25.1 Å². The van der Waals surface area contributed by atoms with Crippen LogP contribution in [0.4, 0.5) is 11.6 Å². The SMILES string of the molecule is COCc1cc([C@@H](O)CCCCCCc2ccc(CCCCN=C(N)NC(=O)c3nc(Cl)c(N)nc3N)cc2)ccc1O. The number of anilines is 2. The number of carbonyl (C=O) groups is 1. The first-order chi connectivity index (χ1) is 20.7. The van der Waals surface area contributed by atoms with E-state index in [4.69, 9.17) is 33.5 Å². The second kappa shape index (κ2) is 17.3. The van der Waals surface area contributed by atoms with E-state index in [1.54, 1.807) is 19.2 Å². The van der Waals surface area contributed by atoms with Gasteiger partial charge < -0.3 is 32.2 Å². The van der Waals surface area contributed by atoms with E-state index in [1.165, 1.54) is 11.1 Å². The summed E-state index contributed by atoms with van der Waals surface area (Å²) in [6.45, 7) is 0.784. The summed E-state index contributed by atoms with van der Waals surface area (Å²) in [5, 5.41) is 22.7. The molecule has 232 valence electrons. The van der Waals surface area contributed by atoms with Gasteiger partial charge in [-0.3, -0.25) is 15.1 Å². The number of aliphatic imine (C=N–C) groups is 1. The summed E-state index contributed by atoms with van der Waals surface area (Å²) in [4.78, 5) is 24.1. The number of ether oxygens (including phenoxy) is 1. The molecule has 0 radical (unpaired) electrons. The van der Waals surface area contributed by atoms with E-state index in [0.29, 0.717) is 25.1 Å². The minimum atomic E-state index is -0.658. The summed E-state index contributed by atoms with van der Waals surface area (Å²) in [5.74, 6) is -0.706. The number of aryl methyl sites for hydroxylation is 2. The molecule has 1 heterocycles. The Morgan fingerprint density at radius 3 is 2.30 bits per heavy atom. The molecule has 3 aromatic rings. The Bertz CT molecular complexity index is 1370. The Balaban J connectivity index is 1.28. The number of phenols is 1. The largest absolute Gasteiger partial charge is 0.508 e. The standard InChI is InChI=1S/C31H42ClN7O4/c1-43-19-23-18-22(15-16-25(23)41)24(40)10-5-3-2-4-8-20-11-13-21(14-12-20)9-6-7-17-36-31(35)39-30(42)26-28(33)38-29(34)27(32)37-26/h11-16,18,24,40-41H,2-10,17,19H2,1H3,(H4,33,34,38)(H3,35,36,39,42)/t24-/m0/s1. The highest BCUT2D eigenvalue weighted by molar-refractivity contribution is 6.31. The second-order valence-electron chi connectivity index (χ2n) is 10.4. The first-order valence-corrected chi connectivity index (χ1v) is 14.8. The third-order valence-corrected chi connectivity index (χ3v) is 7.30. The number of methoxy groups -OCH3 is 1. The number of hydrogen-bond donors (Lipinski definition) is 6. The number of amides is 1. The zero-order valence-corrected chi connectivity index (χ0v) is 25.3. The number of nitrogen functional groups attached to an aromatic ring is 2. The Labute approximate surface area is 257 Å². The number of carbonyl (C=O) groups excluding carboxylic acids is 1. The van der Waals surface area contributed by atoms with Crippen molar-refractivity contribution in [3.63, 3.8) is 0 Å². The molecule has 0 aliphatic rings. The van der Waals surface area contributed by atoms with Gasteiger partial charge in [0.05, 0.1) is 12.7 Å². The van der Waals surface area contributed by atoms with E-state index in [9.17, 15) is 15.0 Å². The van der Waals surface area contributed by atoms with Gasteiger partial charge in [-0.1, -0.05) is 61.2 Å². The van der Waals surface area contributed by atoms with E-state index in [1.807, 2.05) is 6.07 Å². The third-order valence-electron chi connectivity index (χ3n) is 7.02. The molecular weight excluding hydrogens is 570 g/mol. The van der Waals surface area contributed by atoms with Crippen LogP contribution in [0.2, 0.25) is 5.15 Å². The lowest BCUT2D eigenvalue weighted by Crippen LogP contribution is -2.38. The van der Waals surface area contributed by atoms with Gasteiger partial charge in [-0.05, 0) is 67.3 Å². The molecule has 12 heteroatoms. The average Bonchev–Trinajstić information content (AvgIpc) is 2.98. The van der Waals surface area contributed by atoms with Gasteiger partial charge in [-0.25, -0.2) is 9.97 Å². The van der Waals surface area contributed by atoms with Gasteiger partial charge in [0.25, 0.3) is 5.91 Å². The highest BCUT2D eigenvalue weighted by Crippen LogP contribution is 2.26. The van der Waals surface area contributed by atoms with E-state index in [-0.39, 0.29) is 34.2 Å². The van der Waals surface area contributed by atoms with Crippen LogP contribution in [0.15, 0.2) is 47.5 Å². The molecule has 2 aromatic carbocycles. The molecule has 43 heavy (non-hydrogen) atoms. The van der Waals surface area contributed by atoms with Crippen molar-refractivity contribution in [2.24, 2.45) is 10.7 Å². The molecule has 0 aliphatic carbocycles. The second-order valence-corrected chi connectivity index (χ2v) is 10.8. The lowest BCUT2D eigenvalue weighted by molar-refractivity contribution is 0.0972. The molecular formula is C31H42ClN7O4. The number of halogens is 1. The fourth-order valence-corrected chi connectivity index (χ4v) is 4.73. The van der Waals surface area contributed by atoms with Crippen LogP contribution < -0.4 is 22.5 Å². The van der Waals surface area contributed by atoms with E-state index < -0.39 is 12.0 Å². The highest BCUT2D eigenvalue weighted by atomic mass is 35.5. The van der Waals surface area contributed by atoms with E-state index in [2.05, 4.69) is 44.5 Å². The van der Waals surface area contributed by atoms with Gasteiger partial charge in [-0.2, -0.15) is 0 Å². The quantitative estimate of drug-likeness (QED) is 0.0770. The molecule has 0 fully saturated rings. The number of phenolic OH excluding ortho intramolecular Hbond substituents is 1. The summed E-state index contributed by atoms with van der Waals surface area (Å²) in [7, 11) is 1.58. The maximum absolute atomic E-state index is 12.3. The van der Waals surface area contributed by atoms with Crippen LogP contribution in [0.1, 0.15) is 83.8 Å². The van der Waals surface area contributed by atoms with Gasteiger partial charge in [0.2, 0.25) is 0 Å². The van der Waals surface area contributed by atoms with Crippen molar-refractivity contribution < 1.29 is 19.7 Å². The molecule has 0 bridgehead atoms. The Kier molecular flexibility index (Phi) is 13.5. The average molecular weight is 612 g/mol. The van der Waals surface area contributed by atoms with Crippen molar-refractivity contribution in [3.8, 4) is 5.75 Å². The molecule has 0 aliphatic heterocycles. The van der Waals surface area contributed by atoms with Gasteiger partial charge in [-0.15, -0.1) is 0 Å². The number of guanidine groups is 1. The fourth-order valence-electron chi connectivity index (χ4n) is 4.61. The van der Waals surface area contributed by atoms with Crippen molar-refractivity contribution in [1.82, 2.24) is 15.3 Å². The number of hydrogen-bond acceptors (Lipinski definition) is 9. The minimum absolute atomic E-state index is 0.0337. The third kappa shape index (κ3) is 11.0. The first-order valence-electron chi connectivity index (χ1n) is 14.4. The molecule has 1 aromatic heterocycles. The number of aliphatic hydroxyl groups is 1. The number of aliphatic hydroxyl groups excluding tert-OH is 1. The molecule has 0 unspecified atom stereocenters. The van der Waals surface area contributed by atoms with Crippen molar-refractivity contribution in [1.29, 1.82) is 0 Å². The normalized spacial score (nSPS) is 12.3.